The van der Waals surface area contributed by atoms with Gasteiger partial charge in [0.25, 0.3) is 5.91 Å². The van der Waals surface area contributed by atoms with Gasteiger partial charge in [0.1, 0.15) is 4.88 Å². The van der Waals surface area contributed by atoms with Crippen molar-refractivity contribution in [1.82, 2.24) is 30.1 Å². The number of rotatable bonds is 6. The Bertz CT molecular complexity index is 766. The van der Waals surface area contributed by atoms with Gasteiger partial charge in [0.2, 0.25) is 5.91 Å². The van der Waals surface area contributed by atoms with Gasteiger partial charge in [-0.25, -0.2) is 0 Å². The van der Waals surface area contributed by atoms with E-state index < -0.39 is 0 Å². The second-order valence-electron chi connectivity index (χ2n) is 6.29. The molecular weight excluding hydrogens is 352 g/mol. The molecule has 2 aromatic rings. The van der Waals surface area contributed by atoms with Crippen LogP contribution >= 0.6 is 11.5 Å². The molecule has 0 aromatic carbocycles. The minimum atomic E-state index is -0.269. The predicted molar refractivity (Wildman–Crippen MR) is 97.6 cm³/mol. The van der Waals surface area contributed by atoms with E-state index in [4.69, 9.17) is 0 Å². The molecule has 8 nitrogen and oxygen atoms in total. The number of nitrogens with one attached hydrogen (secondary N) is 2. The van der Waals surface area contributed by atoms with Gasteiger partial charge >= 0.3 is 0 Å². The van der Waals surface area contributed by atoms with E-state index in [0.29, 0.717) is 36.6 Å². The maximum atomic E-state index is 12.5. The molecule has 2 N–H and O–H groups in total. The first-order chi connectivity index (χ1) is 12.6. The van der Waals surface area contributed by atoms with Crippen LogP contribution in [0.5, 0.6) is 0 Å². The molecule has 0 spiro atoms. The van der Waals surface area contributed by atoms with Crippen LogP contribution in [0.4, 0.5) is 0 Å². The summed E-state index contributed by atoms with van der Waals surface area (Å²) in [5.41, 5.74) is 1.71. The van der Waals surface area contributed by atoms with Gasteiger partial charge in [-0.15, -0.1) is 5.10 Å². The zero-order valence-corrected chi connectivity index (χ0v) is 15.6. The van der Waals surface area contributed by atoms with Crippen LogP contribution in [-0.4, -0.2) is 56.5 Å². The van der Waals surface area contributed by atoms with Crippen molar-refractivity contribution < 1.29 is 9.59 Å². The van der Waals surface area contributed by atoms with E-state index in [1.54, 1.807) is 19.3 Å². The van der Waals surface area contributed by atoms with Crippen molar-refractivity contribution in [3.8, 4) is 0 Å². The highest BCUT2D eigenvalue weighted by molar-refractivity contribution is 7.08. The minimum absolute atomic E-state index is 0.00561. The lowest BCUT2D eigenvalue weighted by Crippen LogP contribution is -2.42. The van der Waals surface area contributed by atoms with Gasteiger partial charge in [0, 0.05) is 38.1 Å². The largest absolute Gasteiger partial charge is 0.355 e. The molecule has 1 aliphatic rings. The van der Waals surface area contributed by atoms with Crippen LogP contribution in [0.2, 0.25) is 0 Å². The molecule has 0 bridgehead atoms. The molecule has 0 aliphatic carbocycles. The first kappa shape index (κ1) is 18.4. The Labute approximate surface area is 156 Å². The van der Waals surface area contributed by atoms with Crippen molar-refractivity contribution in [2.24, 2.45) is 0 Å². The normalized spacial score (nSPS) is 20.1. The SMILES string of the molecule is CCNC(=O)[C@@H]1C[C@@H](NC(=O)c2snnc2C)CN1Cc1ccncc1. The molecule has 1 aliphatic heterocycles. The number of carbonyl (C=O) groups is 2. The number of likely N-dealkylation sites (tertiary alicyclic amines) is 1. The van der Waals surface area contributed by atoms with Gasteiger partial charge < -0.3 is 10.6 Å². The molecule has 3 heterocycles. The third kappa shape index (κ3) is 4.23. The fourth-order valence-corrected chi connectivity index (χ4v) is 3.72. The van der Waals surface area contributed by atoms with Gasteiger partial charge in [0.15, 0.2) is 0 Å². The zero-order chi connectivity index (χ0) is 18.5. The van der Waals surface area contributed by atoms with E-state index in [1.807, 2.05) is 19.1 Å². The Morgan fingerprint density at radius 1 is 1.35 bits per heavy atom. The van der Waals surface area contributed by atoms with Crippen LogP contribution in [-0.2, 0) is 11.3 Å². The summed E-state index contributed by atoms with van der Waals surface area (Å²) in [7, 11) is 0. The summed E-state index contributed by atoms with van der Waals surface area (Å²) in [5, 5.41) is 9.79. The third-order valence-electron chi connectivity index (χ3n) is 4.39. The standard InChI is InChI=1S/C17H22N6O2S/c1-3-19-16(24)14-8-13(20-17(25)15-11(2)21-22-26-15)10-23(14)9-12-4-6-18-7-5-12/h4-7,13-14H,3,8-10H2,1-2H3,(H,19,24)(H,20,25)/t13-,14+/m1/s1. The maximum absolute atomic E-state index is 12.5. The summed E-state index contributed by atoms with van der Waals surface area (Å²) in [4.78, 5) is 31.6. The van der Waals surface area contributed by atoms with E-state index in [9.17, 15) is 9.59 Å². The first-order valence-electron chi connectivity index (χ1n) is 8.59. The predicted octanol–water partition coefficient (Wildman–Crippen LogP) is 0.751. The molecule has 0 radical (unpaired) electrons. The molecule has 1 fully saturated rings. The summed E-state index contributed by atoms with van der Waals surface area (Å²) in [5.74, 6) is -0.183. The number of hydrogen-bond donors (Lipinski definition) is 2. The van der Waals surface area contributed by atoms with Gasteiger partial charge in [-0.3, -0.25) is 19.5 Å². The Morgan fingerprint density at radius 3 is 2.77 bits per heavy atom. The first-order valence-corrected chi connectivity index (χ1v) is 9.36. The summed E-state index contributed by atoms with van der Waals surface area (Å²) >= 11 is 1.09. The number of amides is 2. The number of likely N-dealkylation sites (N-methyl/N-ethyl adjacent to an activating group) is 1. The second kappa shape index (κ2) is 8.33. The quantitative estimate of drug-likeness (QED) is 0.774. The fourth-order valence-electron chi connectivity index (χ4n) is 3.16. The minimum Gasteiger partial charge on any atom is -0.355 e. The highest BCUT2D eigenvalue weighted by Crippen LogP contribution is 2.22. The average Bonchev–Trinajstić information content (AvgIpc) is 3.22. The van der Waals surface area contributed by atoms with E-state index in [0.717, 1.165) is 17.1 Å². The van der Waals surface area contributed by atoms with Crippen molar-refractivity contribution in [1.29, 1.82) is 0 Å². The van der Waals surface area contributed by atoms with Crippen LogP contribution in [0.25, 0.3) is 0 Å². The third-order valence-corrected chi connectivity index (χ3v) is 5.21. The van der Waals surface area contributed by atoms with Crippen molar-refractivity contribution in [2.45, 2.75) is 38.9 Å². The summed E-state index contributed by atoms with van der Waals surface area (Å²) in [6.45, 7) is 5.50. The van der Waals surface area contributed by atoms with Gasteiger partial charge in [0.05, 0.1) is 11.7 Å². The number of nitrogens with zero attached hydrogens (tertiary/aromatic N) is 4. The molecule has 2 aromatic heterocycles. The van der Waals surface area contributed by atoms with Crippen LogP contribution in [0, 0.1) is 6.92 Å². The van der Waals surface area contributed by atoms with Crippen molar-refractivity contribution >= 4 is 23.3 Å². The summed E-state index contributed by atoms with van der Waals surface area (Å²) in [6.07, 6.45) is 4.06. The smallest absolute Gasteiger partial charge is 0.265 e. The monoisotopic (exact) mass is 374 g/mol. The number of carbonyl (C=O) groups excluding carboxylic acids is 2. The molecule has 0 saturated carbocycles. The Balaban J connectivity index is 1.70. The molecule has 1 saturated heterocycles. The van der Waals surface area contributed by atoms with Crippen LogP contribution < -0.4 is 10.6 Å². The Kier molecular flexibility index (Phi) is 5.89. The molecule has 9 heteroatoms. The molecule has 3 rings (SSSR count). The number of aryl methyl sites for hydroxylation is 1. The highest BCUT2D eigenvalue weighted by atomic mass is 32.1. The van der Waals surface area contributed by atoms with Crippen molar-refractivity contribution in [3.05, 3.63) is 40.7 Å². The Hall–Kier alpha value is -2.39. The maximum Gasteiger partial charge on any atom is 0.265 e. The molecule has 26 heavy (non-hydrogen) atoms. The van der Waals surface area contributed by atoms with E-state index in [1.165, 1.54) is 0 Å². The van der Waals surface area contributed by atoms with Gasteiger partial charge in [-0.1, -0.05) is 4.49 Å². The zero-order valence-electron chi connectivity index (χ0n) is 14.8. The van der Waals surface area contributed by atoms with Gasteiger partial charge in [-0.2, -0.15) is 0 Å². The lowest BCUT2D eigenvalue weighted by atomic mass is 10.1. The molecule has 138 valence electrons. The van der Waals surface area contributed by atoms with Gasteiger partial charge in [-0.05, 0) is 49.5 Å². The summed E-state index contributed by atoms with van der Waals surface area (Å²) in [6, 6.07) is 3.51. The number of hydrogen-bond acceptors (Lipinski definition) is 7. The number of aromatic nitrogens is 3. The molecule has 2 atom stereocenters. The fraction of sp³-hybridized carbons (Fsp3) is 0.471. The highest BCUT2D eigenvalue weighted by Gasteiger charge is 2.37. The molecule has 2 amide bonds. The van der Waals surface area contributed by atoms with E-state index in [2.05, 4.69) is 30.1 Å². The van der Waals surface area contributed by atoms with Crippen molar-refractivity contribution in [3.63, 3.8) is 0 Å². The lowest BCUT2D eigenvalue weighted by molar-refractivity contribution is -0.125. The van der Waals surface area contributed by atoms with Crippen LogP contribution in [0.3, 0.4) is 0 Å². The Morgan fingerprint density at radius 2 is 2.12 bits per heavy atom. The summed E-state index contributed by atoms with van der Waals surface area (Å²) < 4.78 is 3.81. The second-order valence-corrected chi connectivity index (χ2v) is 7.04. The van der Waals surface area contributed by atoms with Crippen molar-refractivity contribution in [2.75, 3.05) is 13.1 Å². The van der Waals surface area contributed by atoms with Crippen LogP contribution in [0.15, 0.2) is 24.5 Å². The van der Waals surface area contributed by atoms with E-state index in [-0.39, 0.29) is 23.9 Å². The average molecular weight is 374 g/mol. The van der Waals surface area contributed by atoms with E-state index >= 15 is 0 Å². The lowest BCUT2D eigenvalue weighted by Gasteiger charge is -2.23. The topological polar surface area (TPSA) is 100 Å². The molecule has 0 unspecified atom stereocenters. The van der Waals surface area contributed by atoms with Crippen LogP contribution in [0.1, 0.15) is 34.3 Å². The number of pyridine rings is 1. The molecular formula is C17H22N6O2S.